The van der Waals surface area contributed by atoms with E-state index in [-0.39, 0.29) is 17.3 Å². The van der Waals surface area contributed by atoms with Crippen molar-refractivity contribution in [1.29, 1.82) is 0 Å². The lowest BCUT2D eigenvalue weighted by Crippen LogP contribution is -3.06. The predicted molar refractivity (Wildman–Crippen MR) is 227 cm³/mol. The zero-order chi connectivity index (χ0) is 39.7. The van der Waals surface area contributed by atoms with E-state index in [0.717, 1.165) is 90.6 Å². The van der Waals surface area contributed by atoms with Gasteiger partial charge < -0.3 is 30.4 Å². The molecule has 2 fully saturated rings. The number of amides is 1. The molecule has 4 rings (SSSR count). The van der Waals surface area contributed by atoms with Crippen LogP contribution < -0.4 is 15.5 Å². The molecule has 2 aliphatic rings. The number of nitrogens with zero attached hydrogens (tertiary/aromatic N) is 2. The van der Waals surface area contributed by atoms with Gasteiger partial charge in [-0.15, -0.1) is 0 Å². The van der Waals surface area contributed by atoms with Crippen molar-refractivity contribution in [3.63, 3.8) is 0 Å². The quantitative estimate of drug-likeness (QED) is 0.179. The summed E-state index contributed by atoms with van der Waals surface area (Å²) in [4.78, 5) is 32.0. The van der Waals surface area contributed by atoms with Gasteiger partial charge in [-0.05, 0) is 70.4 Å². The van der Waals surface area contributed by atoms with Crippen LogP contribution in [0, 0.1) is 0 Å². The molecule has 2 saturated carbocycles. The second kappa shape index (κ2) is 26.9. The fourth-order valence-electron chi connectivity index (χ4n) is 8.32. The number of nitrogens with two attached hydrogens (primary N) is 1. The molecule has 0 bridgehead atoms. The number of hydrogen-bond acceptors (Lipinski definition) is 4. The van der Waals surface area contributed by atoms with Crippen molar-refractivity contribution < 1.29 is 24.5 Å². The molecule has 0 unspecified atom stereocenters. The van der Waals surface area contributed by atoms with E-state index in [2.05, 4.69) is 94.6 Å². The van der Waals surface area contributed by atoms with E-state index in [1.54, 1.807) is 0 Å². The number of likely N-dealkylation sites (N-methyl/N-ethyl adjacent to an activating group) is 1. The van der Waals surface area contributed by atoms with Crippen molar-refractivity contribution in [1.82, 2.24) is 9.80 Å². The summed E-state index contributed by atoms with van der Waals surface area (Å²) in [5.74, 6) is -0.302. The second-order valence-electron chi connectivity index (χ2n) is 17.2. The zero-order valence-corrected chi connectivity index (χ0v) is 35.5. The predicted octanol–water partition coefficient (Wildman–Crippen LogP) is 5.61. The Labute approximate surface area is 330 Å². The molecular weight excluding hydrogens is 671 g/mol. The van der Waals surface area contributed by atoms with Crippen molar-refractivity contribution in [2.24, 2.45) is 5.73 Å². The van der Waals surface area contributed by atoms with E-state index in [9.17, 15) is 14.7 Å². The minimum absolute atomic E-state index is 0.0226. The van der Waals surface area contributed by atoms with Crippen molar-refractivity contribution in [2.45, 2.75) is 126 Å². The maximum atomic E-state index is 13.6. The van der Waals surface area contributed by atoms with Gasteiger partial charge in [0, 0.05) is 30.2 Å². The molecule has 0 saturated heterocycles. The number of quaternary nitrogens is 2. The SMILES string of the molecule is CN(C)CCCN.C[NH+](C)CCCN(CC[NH+](C)C)C(=O)CC1(c2ccccc2)CCCCCCC1.O=C(O)CC1(c2ccccc2)CCCCCCC1. The van der Waals surface area contributed by atoms with E-state index < -0.39 is 5.97 Å². The Morgan fingerprint density at radius 3 is 1.41 bits per heavy atom. The van der Waals surface area contributed by atoms with Crippen LogP contribution in [0.4, 0.5) is 0 Å². The van der Waals surface area contributed by atoms with Gasteiger partial charge in [0.2, 0.25) is 5.91 Å². The van der Waals surface area contributed by atoms with E-state index in [1.165, 1.54) is 72.3 Å². The smallest absolute Gasteiger partial charge is 0.304 e. The summed E-state index contributed by atoms with van der Waals surface area (Å²) in [6.45, 7) is 5.80. The number of carboxylic acid groups (broad SMARTS) is 1. The van der Waals surface area contributed by atoms with Crippen molar-refractivity contribution in [3.05, 3.63) is 71.8 Å². The van der Waals surface area contributed by atoms with Gasteiger partial charge in [-0.1, -0.05) is 125 Å². The third-order valence-electron chi connectivity index (χ3n) is 11.5. The van der Waals surface area contributed by atoms with Gasteiger partial charge in [0.05, 0.1) is 54.2 Å². The third-order valence-corrected chi connectivity index (χ3v) is 11.5. The molecule has 8 nitrogen and oxygen atoms in total. The number of rotatable bonds is 16. The Morgan fingerprint density at radius 1 is 0.611 bits per heavy atom. The average molecular weight is 752 g/mol. The standard InChI is InChI=1S/C25H43N3O.C16H22O2.C5H14N2/c1-26(2)18-13-19-28(21-20-27(3)4)24(29)22-25(23-14-9-8-10-15-23)16-11-6-5-7-12-17-25;17-15(18)13-16(14-9-5-4-6-10-14)11-7-2-1-3-8-12-16;1-7(2)5-3-4-6/h8-10,14-15H,5-7,11-13,16-22H2,1-4H3;4-6,9-10H,1-3,7-8,11-13H2,(H,17,18);3-6H2,1-2H3/p+2. The minimum atomic E-state index is -0.667. The largest absolute Gasteiger partial charge is 0.481 e. The lowest BCUT2D eigenvalue weighted by molar-refractivity contribution is -0.859. The van der Waals surface area contributed by atoms with Crippen LogP contribution >= 0.6 is 0 Å². The Kier molecular flexibility index (Phi) is 23.6. The van der Waals surface area contributed by atoms with E-state index >= 15 is 0 Å². The van der Waals surface area contributed by atoms with Gasteiger partial charge >= 0.3 is 5.97 Å². The second-order valence-corrected chi connectivity index (χ2v) is 17.2. The highest BCUT2D eigenvalue weighted by atomic mass is 16.4. The average Bonchev–Trinajstić information content (AvgIpc) is 3.12. The lowest BCUT2D eigenvalue weighted by Gasteiger charge is -2.37. The first-order valence-electron chi connectivity index (χ1n) is 21.5. The zero-order valence-electron chi connectivity index (χ0n) is 35.5. The van der Waals surface area contributed by atoms with E-state index in [1.807, 2.05) is 18.2 Å². The molecule has 0 spiro atoms. The van der Waals surface area contributed by atoms with Crippen LogP contribution in [0.3, 0.4) is 0 Å². The van der Waals surface area contributed by atoms with Crippen LogP contribution in [0.1, 0.15) is 127 Å². The molecule has 2 aromatic carbocycles. The molecule has 306 valence electrons. The number of carbonyl (C=O) groups is 2. The Balaban J connectivity index is 0.000000340. The first-order chi connectivity index (χ1) is 25.9. The van der Waals surface area contributed by atoms with Gasteiger partial charge in [-0.3, -0.25) is 9.59 Å². The number of carboxylic acids is 1. The molecule has 1 amide bonds. The number of hydrogen-bond donors (Lipinski definition) is 4. The minimum Gasteiger partial charge on any atom is -0.481 e. The molecule has 0 aromatic heterocycles. The fourth-order valence-corrected chi connectivity index (χ4v) is 8.32. The highest BCUT2D eigenvalue weighted by Gasteiger charge is 2.36. The molecule has 0 heterocycles. The highest BCUT2D eigenvalue weighted by Crippen LogP contribution is 2.42. The van der Waals surface area contributed by atoms with Crippen molar-refractivity contribution in [2.75, 3.05) is 81.6 Å². The number of nitrogens with one attached hydrogen (secondary N) is 2. The molecule has 5 N–H and O–H groups in total. The molecule has 2 aliphatic carbocycles. The molecule has 8 heteroatoms. The maximum absolute atomic E-state index is 13.6. The molecule has 0 atom stereocenters. The molecule has 2 aromatic rings. The normalized spacial score (nSPS) is 17.1. The van der Waals surface area contributed by atoms with Crippen LogP contribution in [-0.4, -0.2) is 108 Å². The summed E-state index contributed by atoms with van der Waals surface area (Å²) in [5, 5.41) is 9.25. The molecule has 54 heavy (non-hydrogen) atoms. The number of carbonyl (C=O) groups excluding carboxylic acids is 1. The maximum Gasteiger partial charge on any atom is 0.304 e. The first kappa shape index (κ1) is 47.4. The highest BCUT2D eigenvalue weighted by molar-refractivity contribution is 5.78. The van der Waals surface area contributed by atoms with Gasteiger partial charge in [0.15, 0.2) is 0 Å². The molecule has 0 aliphatic heterocycles. The molecular formula is C46H81N5O3+2. The topological polar surface area (TPSA) is 95.8 Å². The number of aliphatic carboxylic acids is 1. The van der Waals surface area contributed by atoms with Crippen LogP contribution in [-0.2, 0) is 20.4 Å². The summed E-state index contributed by atoms with van der Waals surface area (Å²) < 4.78 is 0. The summed E-state index contributed by atoms with van der Waals surface area (Å²) in [5.41, 5.74) is 7.74. The summed E-state index contributed by atoms with van der Waals surface area (Å²) >= 11 is 0. The van der Waals surface area contributed by atoms with Gasteiger partial charge in [0.1, 0.15) is 0 Å². The van der Waals surface area contributed by atoms with E-state index in [4.69, 9.17) is 5.73 Å². The third kappa shape index (κ3) is 18.7. The monoisotopic (exact) mass is 752 g/mol. The fraction of sp³-hybridized carbons (Fsp3) is 0.696. The van der Waals surface area contributed by atoms with Gasteiger partial charge in [-0.2, -0.15) is 0 Å². The summed E-state index contributed by atoms with van der Waals surface area (Å²) in [6.07, 6.45) is 20.0. The van der Waals surface area contributed by atoms with Gasteiger partial charge in [-0.25, -0.2) is 0 Å². The van der Waals surface area contributed by atoms with E-state index in [0.29, 0.717) is 12.3 Å². The first-order valence-corrected chi connectivity index (χ1v) is 21.5. The Morgan fingerprint density at radius 2 is 1.04 bits per heavy atom. The Bertz CT molecular complexity index is 1240. The van der Waals surface area contributed by atoms with Crippen LogP contribution in [0.2, 0.25) is 0 Å². The molecule has 0 radical (unpaired) electrons. The van der Waals surface area contributed by atoms with Crippen molar-refractivity contribution >= 4 is 11.9 Å². The van der Waals surface area contributed by atoms with Crippen molar-refractivity contribution in [3.8, 4) is 0 Å². The van der Waals surface area contributed by atoms with Crippen LogP contribution in [0.25, 0.3) is 0 Å². The number of benzene rings is 2. The summed E-state index contributed by atoms with van der Waals surface area (Å²) in [7, 11) is 12.8. The van der Waals surface area contributed by atoms with Gasteiger partial charge in [0.25, 0.3) is 0 Å². The Hall–Kier alpha value is -2.78. The van der Waals surface area contributed by atoms with Crippen LogP contribution in [0.15, 0.2) is 60.7 Å². The lowest BCUT2D eigenvalue weighted by atomic mass is 9.69. The van der Waals surface area contributed by atoms with Crippen LogP contribution in [0.5, 0.6) is 0 Å². The summed E-state index contributed by atoms with van der Waals surface area (Å²) in [6, 6.07) is 21.2.